The fourth-order valence-corrected chi connectivity index (χ4v) is 0. The van der Waals surface area contributed by atoms with Crippen molar-refractivity contribution in [2.45, 2.75) is 6.92 Å². The Morgan fingerprint density at radius 2 is 0.750 bits per heavy atom. The standard InChI is InChI=1S/C2H4O2.2CH2O3/c1-2(3)4;2*2-1(3)4/h1H3,(H,3,4);2*(H2,2,3,4). The van der Waals surface area contributed by atoms with Crippen molar-refractivity contribution in [3.05, 3.63) is 0 Å². The van der Waals surface area contributed by atoms with Crippen molar-refractivity contribution >= 4 is 18.3 Å². The molecule has 0 fully saturated rings. The molecule has 0 rings (SSSR count). The summed E-state index contributed by atoms with van der Waals surface area (Å²) in [5.74, 6) is -0.833. The van der Waals surface area contributed by atoms with E-state index in [0.29, 0.717) is 0 Å². The summed E-state index contributed by atoms with van der Waals surface area (Å²) in [4.78, 5) is 26.1. The van der Waals surface area contributed by atoms with Gasteiger partial charge in [0.2, 0.25) is 0 Å². The number of rotatable bonds is 0. The first-order chi connectivity index (χ1) is 5.20. The molecule has 8 heteroatoms. The van der Waals surface area contributed by atoms with E-state index in [1.807, 2.05) is 0 Å². The van der Waals surface area contributed by atoms with Gasteiger partial charge in [0.15, 0.2) is 0 Å². The highest BCUT2D eigenvalue weighted by molar-refractivity contribution is 5.62. The van der Waals surface area contributed by atoms with Gasteiger partial charge in [-0.25, -0.2) is 9.59 Å². The molecule has 0 aliphatic rings. The minimum absolute atomic E-state index is 0.833. The Morgan fingerprint density at radius 1 is 0.750 bits per heavy atom. The van der Waals surface area contributed by atoms with E-state index < -0.39 is 18.3 Å². The Hall–Kier alpha value is -1.99. The van der Waals surface area contributed by atoms with Crippen LogP contribution in [0, 0.1) is 0 Å². The van der Waals surface area contributed by atoms with Crippen molar-refractivity contribution in [2.75, 3.05) is 0 Å². The number of carboxylic acids is 1. The Kier molecular flexibility index (Phi) is 16.2. The lowest BCUT2D eigenvalue weighted by atomic mass is 10.9. The Balaban J connectivity index is -0.000000101. The van der Waals surface area contributed by atoms with E-state index in [9.17, 15) is 0 Å². The number of hydrogen-bond donors (Lipinski definition) is 5. The van der Waals surface area contributed by atoms with Gasteiger partial charge in [-0.1, -0.05) is 0 Å². The SMILES string of the molecule is CC(=O)O.O=C(O)O.O=C(O)O. The number of carboxylic acid groups (broad SMARTS) is 5. The fourth-order valence-electron chi connectivity index (χ4n) is 0. The van der Waals surface area contributed by atoms with Crippen LogP contribution in [0.4, 0.5) is 9.59 Å². The molecule has 0 unspecified atom stereocenters. The largest absolute Gasteiger partial charge is 0.503 e. The third-order valence-corrected chi connectivity index (χ3v) is 0. The highest BCUT2D eigenvalue weighted by Crippen LogP contribution is 1.43. The fraction of sp³-hybridized carbons (Fsp3) is 0.250. The van der Waals surface area contributed by atoms with E-state index >= 15 is 0 Å². The number of carbonyl (C=O) groups is 3. The van der Waals surface area contributed by atoms with Crippen LogP contribution in [0.15, 0.2) is 0 Å². The number of hydrogen-bond acceptors (Lipinski definition) is 3. The molecule has 0 saturated carbocycles. The molecule has 0 amide bonds. The van der Waals surface area contributed by atoms with Crippen LogP contribution in [0.25, 0.3) is 0 Å². The van der Waals surface area contributed by atoms with Gasteiger partial charge in [-0.2, -0.15) is 0 Å². The molecule has 0 aromatic rings. The van der Waals surface area contributed by atoms with Crippen LogP contribution in [0.2, 0.25) is 0 Å². The first-order valence-electron chi connectivity index (χ1n) is 2.23. The molecule has 0 aliphatic carbocycles. The van der Waals surface area contributed by atoms with Crippen LogP contribution >= 0.6 is 0 Å². The predicted molar refractivity (Wildman–Crippen MR) is 34.6 cm³/mol. The van der Waals surface area contributed by atoms with Gasteiger partial charge in [-0.15, -0.1) is 0 Å². The van der Waals surface area contributed by atoms with Gasteiger partial charge >= 0.3 is 12.3 Å². The average Bonchev–Trinajstić information content (AvgIpc) is 1.54. The second-order valence-electron chi connectivity index (χ2n) is 1.08. The van der Waals surface area contributed by atoms with Gasteiger partial charge in [-0.3, -0.25) is 4.79 Å². The van der Waals surface area contributed by atoms with Crippen molar-refractivity contribution in [2.24, 2.45) is 0 Å². The molecule has 72 valence electrons. The predicted octanol–water partition coefficient (Wildman–Crippen LogP) is 0.536. The van der Waals surface area contributed by atoms with E-state index in [-0.39, 0.29) is 0 Å². The molecular formula is C4H8O8. The lowest BCUT2D eigenvalue weighted by Gasteiger charge is -1.60. The van der Waals surface area contributed by atoms with E-state index in [2.05, 4.69) is 0 Å². The summed E-state index contributed by atoms with van der Waals surface area (Å²) in [5, 5.41) is 35.3. The maximum absolute atomic E-state index is 9.00. The maximum atomic E-state index is 9.00. The summed E-state index contributed by atoms with van der Waals surface area (Å²) in [6, 6.07) is 0. The van der Waals surface area contributed by atoms with E-state index in [1.165, 1.54) is 0 Å². The average molecular weight is 184 g/mol. The third kappa shape index (κ3) is 99.4. The van der Waals surface area contributed by atoms with Crippen LogP contribution < -0.4 is 0 Å². The van der Waals surface area contributed by atoms with Crippen LogP contribution in [0.1, 0.15) is 6.92 Å². The zero-order valence-corrected chi connectivity index (χ0v) is 5.96. The molecular weight excluding hydrogens is 176 g/mol. The van der Waals surface area contributed by atoms with E-state index in [0.717, 1.165) is 6.92 Å². The number of aliphatic carboxylic acids is 1. The van der Waals surface area contributed by atoms with E-state index in [1.54, 1.807) is 0 Å². The zero-order valence-electron chi connectivity index (χ0n) is 5.96. The lowest BCUT2D eigenvalue weighted by Crippen LogP contribution is -1.81. The second-order valence-corrected chi connectivity index (χ2v) is 1.08. The van der Waals surface area contributed by atoms with Gasteiger partial charge in [0.1, 0.15) is 0 Å². The first kappa shape index (κ1) is 16.5. The highest BCUT2D eigenvalue weighted by atomic mass is 16.6. The highest BCUT2D eigenvalue weighted by Gasteiger charge is 1.70. The van der Waals surface area contributed by atoms with Gasteiger partial charge in [-0.05, 0) is 0 Å². The molecule has 0 aliphatic heterocycles. The summed E-state index contributed by atoms with van der Waals surface area (Å²) in [6.07, 6.45) is -3.67. The normalized spacial score (nSPS) is 6.08. The van der Waals surface area contributed by atoms with Crippen molar-refractivity contribution in [1.29, 1.82) is 0 Å². The molecule has 0 radical (unpaired) electrons. The van der Waals surface area contributed by atoms with Crippen molar-refractivity contribution in [3.63, 3.8) is 0 Å². The minimum Gasteiger partial charge on any atom is -0.481 e. The van der Waals surface area contributed by atoms with Crippen molar-refractivity contribution in [1.82, 2.24) is 0 Å². The monoisotopic (exact) mass is 184 g/mol. The molecule has 0 aromatic heterocycles. The molecule has 12 heavy (non-hydrogen) atoms. The van der Waals surface area contributed by atoms with Gasteiger partial charge < -0.3 is 25.5 Å². The zero-order chi connectivity index (χ0) is 10.7. The first-order valence-corrected chi connectivity index (χ1v) is 2.23. The smallest absolute Gasteiger partial charge is 0.481 e. The molecule has 5 N–H and O–H groups in total. The second kappa shape index (κ2) is 11.8. The molecule has 0 atom stereocenters. The lowest BCUT2D eigenvalue weighted by molar-refractivity contribution is -0.134. The minimum atomic E-state index is -1.83. The molecule has 0 bridgehead atoms. The Labute approximate surface area is 66.3 Å². The summed E-state index contributed by atoms with van der Waals surface area (Å²) in [5.41, 5.74) is 0. The van der Waals surface area contributed by atoms with Gasteiger partial charge in [0.05, 0.1) is 0 Å². The summed E-state index contributed by atoms with van der Waals surface area (Å²) >= 11 is 0. The quantitative estimate of drug-likeness (QED) is 0.365. The van der Waals surface area contributed by atoms with Crippen LogP contribution in [0.5, 0.6) is 0 Å². The van der Waals surface area contributed by atoms with Crippen LogP contribution in [-0.4, -0.2) is 43.8 Å². The molecule has 0 saturated heterocycles. The van der Waals surface area contributed by atoms with Crippen molar-refractivity contribution < 1.29 is 39.9 Å². The van der Waals surface area contributed by atoms with Crippen molar-refractivity contribution in [3.8, 4) is 0 Å². The van der Waals surface area contributed by atoms with Crippen LogP contribution in [0.3, 0.4) is 0 Å². The van der Waals surface area contributed by atoms with Crippen LogP contribution in [-0.2, 0) is 4.79 Å². The van der Waals surface area contributed by atoms with Gasteiger partial charge in [0, 0.05) is 6.92 Å². The van der Waals surface area contributed by atoms with Gasteiger partial charge in [0.25, 0.3) is 5.97 Å². The summed E-state index contributed by atoms with van der Waals surface area (Å²) < 4.78 is 0. The molecule has 8 nitrogen and oxygen atoms in total. The molecule has 0 spiro atoms. The Bertz CT molecular complexity index is 109. The molecule has 0 heterocycles. The summed E-state index contributed by atoms with van der Waals surface area (Å²) in [7, 11) is 0. The third-order valence-electron chi connectivity index (χ3n) is 0. The summed E-state index contributed by atoms with van der Waals surface area (Å²) in [6.45, 7) is 1.08. The maximum Gasteiger partial charge on any atom is 0.503 e. The van der Waals surface area contributed by atoms with E-state index in [4.69, 9.17) is 39.9 Å². The molecule has 0 aromatic carbocycles. The topological polar surface area (TPSA) is 152 Å². The Morgan fingerprint density at radius 3 is 0.750 bits per heavy atom.